The minimum atomic E-state index is -4.53. The highest BCUT2D eigenvalue weighted by Crippen LogP contribution is 2.38. The van der Waals surface area contributed by atoms with Gasteiger partial charge in [0.2, 0.25) is 0 Å². The lowest BCUT2D eigenvalue weighted by atomic mass is 10.0. The van der Waals surface area contributed by atoms with Crippen LogP contribution in [0.2, 0.25) is 10.0 Å². The van der Waals surface area contributed by atoms with Crippen molar-refractivity contribution in [3.8, 4) is 5.75 Å². The van der Waals surface area contributed by atoms with Gasteiger partial charge in [-0.05, 0) is 35.9 Å². The maximum Gasteiger partial charge on any atom is 0.433 e. The zero-order chi connectivity index (χ0) is 26.6. The smallest absolute Gasteiger partial charge is 0.433 e. The molecule has 0 amide bonds. The summed E-state index contributed by atoms with van der Waals surface area (Å²) >= 11 is 12.7. The number of aliphatic hydroxyl groups excluding tert-OH is 2. The molecule has 0 unspecified atom stereocenters. The van der Waals surface area contributed by atoms with Crippen molar-refractivity contribution in [3.05, 3.63) is 87.7 Å². The van der Waals surface area contributed by atoms with Gasteiger partial charge in [0.05, 0.1) is 29.5 Å². The lowest BCUT2D eigenvalue weighted by Crippen LogP contribution is -2.49. The molecule has 0 saturated carbocycles. The van der Waals surface area contributed by atoms with Gasteiger partial charge in [0.25, 0.3) is 0 Å². The lowest BCUT2D eigenvalue weighted by Gasteiger charge is -2.44. The number of benzene rings is 2. The summed E-state index contributed by atoms with van der Waals surface area (Å²) in [5, 5.41) is 20.8. The van der Waals surface area contributed by atoms with Gasteiger partial charge < -0.3 is 19.8 Å². The Morgan fingerprint density at radius 3 is 2.43 bits per heavy atom. The first kappa shape index (κ1) is 27.5. The van der Waals surface area contributed by atoms with Gasteiger partial charge in [-0.3, -0.25) is 9.88 Å². The van der Waals surface area contributed by atoms with Crippen LogP contribution in [-0.2, 0) is 6.18 Å². The number of nitrogens with zero attached hydrogens (tertiary/aromatic N) is 3. The van der Waals surface area contributed by atoms with Crippen molar-refractivity contribution in [2.75, 3.05) is 44.3 Å². The van der Waals surface area contributed by atoms with Crippen LogP contribution in [0.4, 0.5) is 18.9 Å². The van der Waals surface area contributed by atoms with E-state index in [1.54, 1.807) is 12.1 Å². The van der Waals surface area contributed by atoms with Crippen LogP contribution in [0.1, 0.15) is 29.0 Å². The van der Waals surface area contributed by atoms with Gasteiger partial charge in [0.15, 0.2) is 0 Å². The van der Waals surface area contributed by atoms with E-state index >= 15 is 0 Å². The number of aromatic nitrogens is 1. The molecular formula is C26H26Cl2F3N3O3. The largest absolute Gasteiger partial charge is 0.491 e. The van der Waals surface area contributed by atoms with Crippen LogP contribution < -0.4 is 9.64 Å². The van der Waals surface area contributed by atoms with Crippen molar-refractivity contribution in [1.82, 2.24) is 9.88 Å². The van der Waals surface area contributed by atoms with Gasteiger partial charge in [0, 0.05) is 49.0 Å². The normalized spacial score (nSPS) is 17.6. The number of hydrogen-bond donors (Lipinski definition) is 2. The van der Waals surface area contributed by atoms with Crippen LogP contribution >= 0.6 is 23.2 Å². The van der Waals surface area contributed by atoms with Gasteiger partial charge in [-0.15, -0.1) is 0 Å². The fraction of sp³-hybridized carbons (Fsp3) is 0.346. The third-order valence-electron chi connectivity index (χ3n) is 6.20. The Bertz CT molecular complexity index is 1180. The summed E-state index contributed by atoms with van der Waals surface area (Å²) in [5.74, 6) is 0.553. The molecule has 1 saturated heterocycles. The molecule has 1 fully saturated rings. The number of alkyl halides is 3. The second-order valence-corrected chi connectivity index (χ2v) is 9.54. The average molecular weight is 556 g/mol. The number of anilines is 1. The highest BCUT2D eigenvalue weighted by molar-refractivity contribution is 6.33. The van der Waals surface area contributed by atoms with Gasteiger partial charge in [-0.2, -0.15) is 13.2 Å². The number of aliphatic hydroxyl groups is 2. The minimum absolute atomic E-state index is 0.103. The van der Waals surface area contributed by atoms with Crippen LogP contribution in [0.5, 0.6) is 5.75 Å². The highest BCUT2D eigenvalue weighted by Gasteiger charge is 2.33. The minimum Gasteiger partial charge on any atom is -0.491 e. The predicted octanol–water partition coefficient (Wildman–Crippen LogP) is 5.38. The Morgan fingerprint density at radius 2 is 1.81 bits per heavy atom. The fourth-order valence-electron chi connectivity index (χ4n) is 4.36. The van der Waals surface area contributed by atoms with E-state index in [9.17, 15) is 18.3 Å². The van der Waals surface area contributed by atoms with Crippen molar-refractivity contribution in [2.24, 2.45) is 0 Å². The van der Waals surface area contributed by atoms with Gasteiger partial charge in [-0.1, -0.05) is 41.4 Å². The maximum atomic E-state index is 12.8. The molecule has 37 heavy (non-hydrogen) atoms. The number of β-amino-alcohol motifs (C(OH)–C–C–N with tert-alkyl or cyclic N) is 1. The van der Waals surface area contributed by atoms with E-state index in [-0.39, 0.29) is 25.8 Å². The molecule has 11 heteroatoms. The molecule has 2 atom stereocenters. The number of halogens is 5. The molecule has 0 aliphatic carbocycles. The second kappa shape index (κ2) is 11.9. The molecule has 1 aromatic heterocycles. The fourth-order valence-corrected chi connectivity index (χ4v) is 4.76. The zero-order valence-corrected chi connectivity index (χ0v) is 21.2. The van der Waals surface area contributed by atoms with Crippen molar-refractivity contribution in [3.63, 3.8) is 0 Å². The molecule has 0 radical (unpaired) electrons. The number of piperazine rings is 1. The first-order valence-electron chi connectivity index (χ1n) is 11.6. The first-order valence-corrected chi connectivity index (χ1v) is 12.4. The average Bonchev–Trinajstić information content (AvgIpc) is 2.88. The third-order valence-corrected chi connectivity index (χ3v) is 6.76. The Hall–Kier alpha value is -2.56. The van der Waals surface area contributed by atoms with Crippen LogP contribution in [0, 0.1) is 0 Å². The van der Waals surface area contributed by atoms with Gasteiger partial charge in [-0.25, -0.2) is 0 Å². The molecule has 3 aromatic rings. The summed E-state index contributed by atoms with van der Waals surface area (Å²) in [6.07, 6.45) is -4.46. The molecule has 6 nitrogen and oxygen atoms in total. The number of pyridine rings is 1. The molecule has 2 heterocycles. The standard InChI is InChI=1S/C26H26Cl2F3N3O3/c27-19-4-1-17(2-5-19)23-15-33(16-24(36)18-3-8-25(32-14-18)26(29,30)31)9-10-34(23)22-7-6-20(13-21(22)28)37-12-11-35/h1-8,13-14,23-24,35-36H,9-12,15-16H2/t23-,24+/m0/s1. The van der Waals surface area contributed by atoms with Crippen molar-refractivity contribution >= 4 is 28.9 Å². The summed E-state index contributed by atoms with van der Waals surface area (Å²) in [7, 11) is 0. The van der Waals surface area contributed by atoms with E-state index in [2.05, 4.69) is 14.8 Å². The molecule has 1 aliphatic rings. The highest BCUT2D eigenvalue weighted by atomic mass is 35.5. The van der Waals surface area contributed by atoms with Crippen LogP contribution in [0.15, 0.2) is 60.8 Å². The summed E-state index contributed by atoms with van der Waals surface area (Å²) in [4.78, 5) is 7.69. The lowest BCUT2D eigenvalue weighted by molar-refractivity contribution is -0.141. The molecule has 0 bridgehead atoms. The van der Waals surface area contributed by atoms with E-state index in [1.165, 1.54) is 6.07 Å². The first-order chi connectivity index (χ1) is 17.7. The van der Waals surface area contributed by atoms with Crippen molar-refractivity contribution in [1.29, 1.82) is 0 Å². The summed E-state index contributed by atoms with van der Waals surface area (Å²) < 4.78 is 44.0. The molecule has 198 valence electrons. The van der Waals surface area contributed by atoms with E-state index in [0.717, 1.165) is 23.5 Å². The maximum absolute atomic E-state index is 12.8. The summed E-state index contributed by atoms with van der Waals surface area (Å²) in [5.41, 5.74) is 1.13. The predicted molar refractivity (Wildman–Crippen MR) is 136 cm³/mol. The van der Waals surface area contributed by atoms with Gasteiger partial charge >= 0.3 is 6.18 Å². The summed E-state index contributed by atoms with van der Waals surface area (Å²) in [6.45, 7) is 2.00. The molecular weight excluding hydrogens is 530 g/mol. The van der Waals surface area contributed by atoms with Crippen LogP contribution in [-0.4, -0.2) is 59.5 Å². The number of hydrogen-bond acceptors (Lipinski definition) is 6. The van der Waals surface area contributed by atoms with Crippen molar-refractivity contribution < 1.29 is 28.1 Å². The van der Waals surface area contributed by atoms with Gasteiger partial charge in [0.1, 0.15) is 18.1 Å². The Kier molecular flexibility index (Phi) is 8.82. The van der Waals surface area contributed by atoms with Crippen LogP contribution in [0.25, 0.3) is 0 Å². The quantitative estimate of drug-likeness (QED) is 0.389. The van der Waals surface area contributed by atoms with E-state index in [0.29, 0.717) is 41.0 Å². The number of ether oxygens (including phenoxy) is 1. The Morgan fingerprint density at radius 1 is 1.05 bits per heavy atom. The zero-order valence-electron chi connectivity index (χ0n) is 19.7. The Labute approximate surface area is 222 Å². The molecule has 2 aromatic carbocycles. The van der Waals surface area contributed by atoms with E-state index < -0.39 is 18.0 Å². The molecule has 1 aliphatic heterocycles. The third kappa shape index (κ3) is 6.86. The number of rotatable bonds is 8. The SMILES string of the molecule is OCCOc1ccc(N2CCN(C[C@@H](O)c3ccc(C(F)(F)F)nc3)C[C@H]2c2ccc(Cl)cc2)c(Cl)c1. The molecule has 4 rings (SSSR count). The van der Waals surface area contributed by atoms with Crippen LogP contribution in [0.3, 0.4) is 0 Å². The molecule has 2 N–H and O–H groups in total. The second-order valence-electron chi connectivity index (χ2n) is 8.70. The Balaban J connectivity index is 1.53. The topological polar surface area (TPSA) is 69.1 Å². The summed E-state index contributed by atoms with van der Waals surface area (Å²) in [6, 6.07) is 14.9. The molecule has 0 spiro atoms. The van der Waals surface area contributed by atoms with E-state index in [4.69, 9.17) is 33.0 Å². The van der Waals surface area contributed by atoms with Crippen molar-refractivity contribution in [2.45, 2.75) is 18.3 Å². The van der Waals surface area contributed by atoms with E-state index in [1.807, 2.05) is 30.3 Å². The monoisotopic (exact) mass is 555 g/mol.